The van der Waals surface area contributed by atoms with E-state index in [1.807, 2.05) is 36.4 Å². The Kier molecular flexibility index (Phi) is 16.4. The molecule has 58 heavy (non-hydrogen) atoms. The monoisotopic (exact) mass is 801 g/mol. The molecule has 6 rings (SSSR count). The molecule has 0 saturated heterocycles. The first kappa shape index (κ1) is 47.1. The summed E-state index contributed by atoms with van der Waals surface area (Å²) in [5, 5.41) is 30.5. The highest BCUT2D eigenvalue weighted by Crippen LogP contribution is 2.43. The molecule has 0 bridgehead atoms. The van der Waals surface area contributed by atoms with Crippen molar-refractivity contribution in [3.8, 4) is 34.5 Å². The minimum atomic E-state index is -0.100. The quantitative estimate of drug-likeness (QED) is 0.200. The van der Waals surface area contributed by atoms with E-state index in [1.165, 1.54) is 77.0 Å². The molecule has 0 unspecified atom stereocenters. The SMILES string of the molecule is CC(C)(C)c1cc(OCC2CCCC2)cc(C(C)(C)C)c1O.CC(C)(C)c1cc(OCC2CCCC2)cc(C(C)(C)C)c1O.Oc1ccc(OCC2CCCC2)cc1. The molecular formula is C52H80O6. The van der Waals surface area contributed by atoms with Crippen molar-refractivity contribution >= 4 is 0 Å². The van der Waals surface area contributed by atoms with E-state index in [-0.39, 0.29) is 21.7 Å². The lowest BCUT2D eigenvalue weighted by Crippen LogP contribution is -2.18. The first-order valence-corrected chi connectivity index (χ1v) is 22.5. The molecule has 3 aliphatic rings. The summed E-state index contributed by atoms with van der Waals surface area (Å²) in [5.74, 6) is 5.94. The summed E-state index contributed by atoms with van der Waals surface area (Å²) >= 11 is 0. The molecule has 6 nitrogen and oxygen atoms in total. The van der Waals surface area contributed by atoms with Gasteiger partial charge in [0.15, 0.2) is 0 Å². The maximum Gasteiger partial charge on any atom is 0.123 e. The van der Waals surface area contributed by atoms with Gasteiger partial charge >= 0.3 is 0 Å². The highest BCUT2D eigenvalue weighted by Gasteiger charge is 2.29. The van der Waals surface area contributed by atoms with Crippen molar-refractivity contribution in [2.75, 3.05) is 19.8 Å². The Morgan fingerprint density at radius 3 is 0.879 bits per heavy atom. The van der Waals surface area contributed by atoms with Crippen molar-refractivity contribution in [3.05, 3.63) is 70.8 Å². The van der Waals surface area contributed by atoms with E-state index >= 15 is 0 Å². The van der Waals surface area contributed by atoms with Crippen LogP contribution in [0.2, 0.25) is 0 Å². The van der Waals surface area contributed by atoms with Crippen molar-refractivity contribution < 1.29 is 29.5 Å². The fraction of sp³-hybridized carbons (Fsp3) is 0.654. The molecule has 3 aromatic carbocycles. The van der Waals surface area contributed by atoms with Gasteiger partial charge in [-0.1, -0.05) is 122 Å². The first-order chi connectivity index (χ1) is 27.0. The van der Waals surface area contributed by atoms with Crippen molar-refractivity contribution in [3.63, 3.8) is 0 Å². The lowest BCUT2D eigenvalue weighted by atomic mass is 9.79. The molecule has 6 heteroatoms. The van der Waals surface area contributed by atoms with Crippen LogP contribution in [0.5, 0.6) is 34.5 Å². The predicted molar refractivity (Wildman–Crippen MR) is 241 cm³/mol. The van der Waals surface area contributed by atoms with Crippen LogP contribution in [0, 0.1) is 17.8 Å². The molecule has 0 amide bonds. The van der Waals surface area contributed by atoms with Gasteiger partial charge < -0.3 is 29.5 Å². The number of hydrogen-bond donors (Lipinski definition) is 3. The third-order valence-corrected chi connectivity index (χ3v) is 12.1. The number of hydrogen-bond acceptors (Lipinski definition) is 6. The Morgan fingerprint density at radius 1 is 0.397 bits per heavy atom. The normalized spacial score (nSPS) is 17.0. The molecule has 3 aliphatic carbocycles. The zero-order valence-corrected chi connectivity index (χ0v) is 38.5. The molecule has 324 valence electrons. The average molecular weight is 801 g/mol. The molecule has 3 fully saturated rings. The van der Waals surface area contributed by atoms with Gasteiger partial charge in [0.1, 0.15) is 34.5 Å². The van der Waals surface area contributed by atoms with E-state index in [4.69, 9.17) is 19.3 Å². The summed E-state index contributed by atoms with van der Waals surface area (Å²) in [5.41, 5.74) is 3.49. The standard InChI is InChI=1S/2C20H32O2.C12H16O2/c2*1-19(2,3)16-11-15(22-13-14-9-7-8-10-14)12-17(18(16)21)20(4,5)6;13-11-5-7-12(8-6-11)14-9-10-3-1-2-4-10/h2*11-12,14,21H,7-10,13H2,1-6H3;5-8,10,13H,1-4,9H2. The van der Waals surface area contributed by atoms with Gasteiger partial charge in [0.25, 0.3) is 0 Å². The van der Waals surface area contributed by atoms with Gasteiger partial charge in [-0.2, -0.15) is 0 Å². The summed E-state index contributed by atoms with van der Waals surface area (Å²) in [6.07, 6.45) is 15.8. The number of phenols is 3. The van der Waals surface area contributed by atoms with Crippen LogP contribution in [0.25, 0.3) is 0 Å². The summed E-state index contributed by atoms with van der Waals surface area (Å²) in [7, 11) is 0. The number of aromatic hydroxyl groups is 3. The van der Waals surface area contributed by atoms with E-state index in [2.05, 4.69) is 83.1 Å². The van der Waals surface area contributed by atoms with E-state index in [0.717, 1.165) is 65.2 Å². The minimum absolute atomic E-state index is 0.100. The largest absolute Gasteiger partial charge is 0.508 e. The van der Waals surface area contributed by atoms with Gasteiger partial charge in [0.2, 0.25) is 0 Å². The Bertz CT molecular complexity index is 1530. The van der Waals surface area contributed by atoms with Crippen LogP contribution in [0.4, 0.5) is 0 Å². The molecule has 0 spiro atoms. The third-order valence-electron chi connectivity index (χ3n) is 12.1. The van der Waals surface area contributed by atoms with Gasteiger partial charge in [-0.15, -0.1) is 0 Å². The zero-order chi connectivity index (χ0) is 42.9. The maximum atomic E-state index is 10.7. The Balaban J connectivity index is 0.000000197. The molecule has 0 radical (unpaired) electrons. The molecule has 0 aliphatic heterocycles. The van der Waals surface area contributed by atoms with Crippen LogP contribution < -0.4 is 14.2 Å². The van der Waals surface area contributed by atoms with Crippen molar-refractivity contribution in [1.82, 2.24) is 0 Å². The van der Waals surface area contributed by atoms with Crippen LogP contribution in [-0.2, 0) is 21.7 Å². The van der Waals surface area contributed by atoms with Crippen molar-refractivity contribution in [2.24, 2.45) is 17.8 Å². The van der Waals surface area contributed by atoms with Crippen LogP contribution in [0.15, 0.2) is 48.5 Å². The van der Waals surface area contributed by atoms with Crippen LogP contribution in [-0.4, -0.2) is 35.1 Å². The summed E-state index contributed by atoms with van der Waals surface area (Å²) in [6.45, 7) is 28.0. The van der Waals surface area contributed by atoms with Gasteiger partial charge in [-0.3, -0.25) is 0 Å². The van der Waals surface area contributed by atoms with Crippen molar-refractivity contribution in [1.29, 1.82) is 0 Å². The van der Waals surface area contributed by atoms with E-state index in [9.17, 15) is 10.2 Å². The lowest BCUT2D eigenvalue weighted by Gasteiger charge is -2.28. The smallest absolute Gasteiger partial charge is 0.123 e. The van der Waals surface area contributed by atoms with Crippen LogP contribution in [0.3, 0.4) is 0 Å². The second-order valence-electron chi connectivity index (χ2n) is 21.6. The summed E-state index contributed by atoms with van der Waals surface area (Å²) < 4.78 is 17.8. The number of phenolic OH excluding ortho intramolecular Hbond substituents is 3. The van der Waals surface area contributed by atoms with E-state index < -0.39 is 0 Å². The van der Waals surface area contributed by atoms with E-state index in [0.29, 0.717) is 29.1 Å². The number of ether oxygens (including phenoxy) is 3. The second-order valence-corrected chi connectivity index (χ2v) is 21.6. The fourth-order valence-electron chi connectivity index (χ4n) is 8.39. The Hall–Kier alpha value is -3.54. The van der Waals surface area contributed by atoms with Crippen LogP contribution in [0.1, 0.15) is 182 Å². The average Bonchev–Trinajstić information content (AvgIpc) is 3.94. The summed E-state index contributed by atoms with van der Waals surface area (Å²) in [6, 6.07) is 15.0. The topological polar surface area (TPSA) is 88.4 Å². The maximum absolute atomic E-state index is 10.7. The molecule has 3 aromatic rings. The molecular weight excluding hydrogens is 721 g/mol. The van der Waals surface area contributed by atoms with Gasteiger partial charge in [-0.25, -0.2) is 0 Å². The van der Waals surface area contributed by atoms with Gasteiger partial charge in [-0.05, 0) is 126 Å². The lowest BCUT2D eigenvalue weighted by molar-refractivity contribution is 0.250. The highest BCUT2D eigenvalue weighted by atomic mass is 16.5. The second kappa shape index (κ2) is 20.1. The molecule has 0 aromatic heterocycles. The predicted octanol–water partition coefficient (Wildman–Crippen LogP) is 14.1. The molecule has 0 atom stereocenters. The third kappa shape index (κ3) is 14.3. The Morgan fingerprint density at radius 2 is 0.638 bits per heavy atom. The molecule has 0 heterocycles. The number of benzene rings is 3. The highest BCUT2D eigenvalue weighted by molar-refractivity contribution is 5.53. The zero-order valence-electron chi connectivity index (χ0n) is 38.5. The number of rotatable bonds is 9. The van der Waals surface area contributed by atoms with Crippen LogP contribution >= 0.6 is 0 Å². The first-order valence-electron chi connectivity index (χ1n) is 22.5. The van der Waals surface area contributed by atoms with Crippen molar-refractivity contribution in [2.45, 2.75) is 182 Å². The van der Waals surface area contributed by atoms with E-state index in [1.54, 1.807) is 12.1 Å². The minimum Gasteiger partial charge on any atom is -0.508 e. The van der Waals surface area contributed by atoms with Gasteiger partial charge in [0, 0.05) is 22.3 Å². The van der Waals surface area contributed by atoms with Gasteiger partial charge in [0.05, 0.1) is 19.8 Å². The summed E-state index contributed by atoms with van der Waals surface area (Å²) in [4.78, 5) is 0. The fourth-order valence-corrected chi connectivity index (χ4v) is 8.39. The molecule has 3 saturated carbocycles. The Labute approximate surface area is 353 Å². The molecule has 3 N–H and O–H groups in total.